The number of ether oxygens (including phenoxy) is 2. The molecule has 44 heavy (non-hydrogen) atoms. The van der Waals surface area contributed by atoms with E-state index in [0.717, 1.165) is 34.7 Å². The molecule has 226 valence electrons. The number of carbonyl (C=O) groups excluding carboxylic acids is 2. The first-order valence-electron chi connectivity index (χ1n) is 15.6. The molecule has 4 saturated carbocycles. The highest BCUT2D eigenvalue weighted by molar-refractivity contribution is 8.18. The minimum Gasteiger partial charge on any atom is -0.490 e. The van der Waals surface area contributed by atoms with Gasteiger partial charge in [0.2, 0.25) is 0 Å². The number of hydrogen-bond donors (Lipinski definition) is 2. The molecule has 8 heteroatoms. The second-order valence-corrected chi connectivity index (χ2v) is 13.6. The van der Waals surface area contributed by atoms with Crippen molar-refractivity contribution in [2.75, 3.05) is 18.5 Å². The number of aliphatic imine (C=N–C) groups is 1. The van der Waals surface area contributed by atoms with Gasteiger partial charge in [0.15, 0.2) is 23.3 Å². The average molecular weight is 608 g/mol. The molecule has 0 radical (unpaired) electrons. The molecule has 0 aromatic heterocycles. The molecule has 7 nitrogen and oxygen atoms in total. The lowest BCUT2D eigenvalue weighted by Gasteiger charge is -2.57. The van der Waals surface area contributed by atoms with Crippen LogP contribution in [0.2, 0.25) is 0 Å². The van der Waals surface area contributed by atoms with Crippen molar-refractivity contribution in [2.24, 2.45) is 22.7 Å². The summed E-state index contributed by atoms with van der Waals surface area (Å²) >= 11 is 1.29. The number of thioether (sulfide) groups is 1. The van der Waals surface area contributed by atoms with Gasteiger partial charge in [-0.3, -0.25) is 9.59 Å². The van der Waals surface area contributed by atoms with E-state index in [9.17, 15) is 9.59 Å². The molecule has 1 heterocycles. The van der Waals surface area contributed by atoms with E-state index in [4.69, 9.17) is 9.47 Å². The fourth-order valence-corrected chi connectivity index (χ4v) is 8.81. The van der Waals surface area contributed by atoms with Gasteiger partial charge in [-0.1, -0.05) is 36.4 Å². The van der Waals surface area contributed by atoms with Crippen LogP contribution in [0.1, 0.15) is 56.6 Å². The van der Waals surface area contributed by atoms with Gasteiger partial charge in [-0.2, -0.15) is 0 Å². The fourth-order valence-electron chi connectivity index (χ4n) is 7.97. The standard InChI is InChI=1S/C36H37N3O4S/c1-2-42-31-17-23(18-32-34(41)39-35(44-32)38-28-6-4-3-5-7-28)8-13-30(31)43-22-33(40)37-29-11-9-27(10-12-29)36-19-24-14-25(20-36)16-26(15-24)21-36/h3-13,17-18,24-26H,2,14-16,19-22H2,1H3,(H,37,40)(H,38,39,41)/b32-18+. The molecule has 8 rings (SSSR count). The molecule has 0 unspecified atom stereocenters. The van der Waals surface area contributed by atoms with Crippen LogP contribution in [0.15, 0.2) is 82.7 Å². The Bertz CT molecular complexity index is 1580. The summed E-state index contributed by atoms with van der Waals surface area (Å²) in [7, 11) is 0. The Labute approximate surface area is 262 Å². The highest BCUT2D eigenvalue weighted by atomic mass is 32.2. The molecular formula is C36H37N3O4S. The first-order chi connectivity index (χ1) is 21.4. The van der Waals surface area contributed by atoms with Gasteiger partial charge in [0.1, 0.15) is 0 Å². The zero-order valence-corrected chi connectivity index (χ0v) is 25.7. The van der Waals surface area contributed by atoms with Gasteiger partial charge >= 0.3 is 0 Å². The van der Waals surface area contributed by atoms with E-state index < -0.39 is 0 Å². The molecule has 2 amide bonds. The van der Waals surface area contributed by atoms with E-state index in [2.05, 4.69) is 27.8 Å². The molecule has 4 bridgehead atoms. The van der Waals surface area contributed by atoms with Crippen LogP contribution in [0.25, 0.3) is 6.08 Å². The number of amides is 2. The van der Waals surface area contributed by atoms with Crippen molar-refractivity contribution in [3.8, 4) is 11.5 Å². The van der Waals surface area contributed by atoms with Gasteiger partial charge in [-0.25, -0.2) is 4.99 Å². The van der Waals surface area contributed by atoms with Crippen molar-refractivity contribution >= 4 is 46.2 Å². The summed E-state index contributed by atoms with van der Waals surface area (Å²) in [4.78, 5) is 30.4. The molecule has 4 aliphatic carbocycles. The maximum atomic E-state index is 12.8. The molecule has 0 atom stereocenters. The second kappa shape index (κ2) is 12.2. The van der Waals surface area contributed by atoms with Gasteiger partial charge in [-0.15, -0.1) is 0 Å². The first kappa shape index (κ1) is 28.7. The zero-order valence-electron chi connectivity index (χ0n) is 24.9. The van der Waals surface area contributed by atoms with Crippen LogP contribution in [0, 0.1) is 17.8 Å². The van der Waals surface area contributed by atoms with Gasteiger partial charge in [0.05, 0.1) is 17.2 Å². The molecule has 3 aromatic carbocycles. The van der Waals surface area contributed by atoms with Crippen LogP contribution in [0.3, 0.4) is 0 Å². The van der Waals surface area contributed by atoms with Crippen molar-refractivity contribution in [2.45, 2.75) is 50.9 Å². The number of anilines is 1. The monoisotopic (exact) mass is 607 g/mol. The molecule has 1 aliphatic heterocycles. The molecule has 1 saturated heterocycles. The van der Waals surface area contributed by atoms with Gasteiger partial charge in [0, 0.05) is 5.69 Å². The molecule has 2 N–H and O–H groups in total. The third-order valence-corrected chi connectivity index (χ3v) is 10.3. The Morgan fingerprint density at radius 2 is 1.66 bits per heavy atom. The lowest BCUT2D eigenvalue weighted by atomic mass is 9.48. The van der Waals surface area contributed by atoms with Gasteiger partial charge in [0.25, 0.3) is 11.8 Å². The molecule has 5 fully saturated rings. The maximum absolute atomic E-state index is 12.8. The van der Waals surface area contributed by atoms with Gasteiger partial charge in [-0.05, 0) is 134 Å². The van der Waals surface area contributed by atoms with Crippen molar-refractivity contribution in [1.29, 1.82) is 0 Å². The summed E-state index contributed by atoms with van der Waals surface area (Å²) in [5, 5.41) is 6.33. The van der Waals surface area contributed by atoms with E-state index in [1.54, 1.807) is 12.1 Å². The summed E-state index contributed by atoms with van der Waals surface area (Å²) < 4.78 is 11.7. The van der Waals surface area contributed by atoms with Crippen LogP contribution in [0.5, 0.6) is 11.5 Å². The van der Waals surface area contributed by atoms with E-state index in [-0.39, 0.29) is 18.4 Å². The number of benzene rings is 3. The molecular weight excluding hydrogens is 570 g/mol. The van der Waals surface area contributed by atoms with E-state index in [1.165, 1.54) is 55.9 Å². The number of para-hydroxylation sites is 1. The Balaban J connectivity index is 0.972. The summed E-state index contributed by atoms with van der Waals surface area (Å²) in [6.07, 6.45) is 10.1. The Morgan fingerprint density at radius 3 is 2.34 bits per heavy atom. The number of hydrogen-bond acceptors (Lipinski definition) is 6. The second-order valence-electron chi connectivity index (χ2n) is 12.6. The lowest BCUT2D eigenvalue weighted by Crippen LogP contribution is -2.48. The number of carbonyl (C=O) groups is 2. The highest BCUT2D eigenvalue weighted by Gasteiger charge is 2.51. The number of nitrogens with one attached hydrogen (secondary N) is 2. The summed E-state index contributed by atoms with van der Waals surface area (Å²) in [5.74, 6) is 3.25. The Morgan fingerprint density at radius 1 is 0.955 bits per heavy atom. The van der Waals surface area contributed by atoms with E-state index in [0.29, 0.717) is 33.6 Å². The Hall–Kier alpha value is -4.04. The summed E-state index contributed by atoms with van der Waals surface area (Å²) in [5.41, 5.74) is 4.12. The first-order valence-corrected chi connectivity index (χ1v) is 16.4. The highest BCUT2D eigenvalue weighted by Crippen LogP contribution is 2.60. The maximum Gasteiger partial charge on any atom is 0.264 e. The fraction of sp³-hybridized carbons (Fsp3) is 0.361. The minimum atomic E-state index is -0.231. The number of rotatable bonds is 9. The molecule has 0 spiro atoms. The topological polar surface area (TPSA) is 89.0 Å². The van der Waals surface area contributed by atoms with Crippen molar-refractivity contribution in [3.05, 3.63) is 88.8 Å². The molecule has 3 aromatic rings. The van der Waals surface area contributed by atoms with Crippen molar-refractivity contribution < 1.29 is 19.1 Å². The predicted octanol–water partition coefficient (Wildman–Crippen LogP) is 7.46. The third kappa shape index (κ3) is 6.13. The third-order valence-electron chi connectivity index (χ3n) is 9.38. The summed E-state index contributed by atoms with van der Waals surface area (Å²) in [6, 6.07) is 23.4. The van der Waals surface area contributed by atoms with Crippen LogP contribution >= 0.6 is 11.8 Å². The van der Waals surface area contributed by atoms with Crippen LogP contribution in [-0.2, 0) is 15.0 Å². The quantitative estimate of drug-likeness (QED) is 0.247. The van der Waals surface area contributed by atoms with Crippen molar-refractivity contribution in [3.63, 3.8) is 0 Å². The number of amidine groups is 1. The lowest BCUT2D eigenvalue weighted by molar-refractivity contribution is -0.118. The summed E-state index contributed by atoms with van der Waals surface area (Å²) in [6.45, 7) is 2.18. The van der Waals surface area contributed by atoms with Crippen LogP contribution in [-0.4, -0.2) is 30.2 Å². The van der Waals surface area contributed by atoms with Gasteiger partial charge < -0.3 is 20.1 Å². The van der Waals surface area contributed by atoms with Crippen LogP contribution in [0.4, 0.5) is 11.4 Å². The van der Waals surface area contributed by atoms with Crippen LogP contribution < -0.4 is 20.1 Å². The van der Waals surface area contributed by atoms with E-state index >= 15 is 0 Å². The van der Waals surface area contributed by atoms with Crippen molar-refractivity contribution in [1.82, 2.24) is 5.32 Å². The smallest absolute Gasteiger partial charge is 0.264 e. The molecule has 5 aliphatic rings. The predicted molar refractivity (Wildman–Crippen MR) is 175 cm³/mol. The SMILES string of the molecule is CCOc1cc(/C=C2/SC(=Nc3ccccc3)NC2=O)ccc1OCC(=O)Nc1ccc(C23CC4CC(CC(C4)C2)C3)cc1. The van der Waals surface area contributed by atoms with E-state index in [1.807, 2.05) is 61.5 Å². The largest absolute Gasteiger partial charge is 0.490 e. The number of nitrogens with zero attached hydrogens (tertiary/aromatic N) is 1. The minimum absolute atomic E-state index is 0.144. The average Bonchev–Trinajstić information content (AvgIpc) is 3.34. The normalized spacial score (nSPS) is 27.0. The Kier molecular flexibility index (Phi) is 7.93. The zero-order chi connectivity index (χ0) is 30.1.